The van der Waals surface area contributed by atoms with E-state index in [9.17, 15) is 12.8 Å². The van der Waals surface area contributed by atoms with Crippen LogP contribution in [0.2, 0.25) is 0 Å². The Morgan fingerprint density at radius 1 is 0.955 bits per heavy atom. The first-order chi connectivity index (χ1) is 21.3. The highest BCUT2D eigenvalue weighted by Crippen LogP contribution is 2.39. The van der Waals surface area contributed by atoms with Crippen LogP contribution in [-0.2, 0) is 15.8 Å². The van der Waals surface area contributed by atoms with Crippen LogP contribution in [0.5, 0.6) is 11.6 Å². The number of rotatable bonds is 9. The fourth-order valence-corrected chi connectivity index (χ4v) is 6.43. The number of aryl methyl sites for hydroxylation is 1. The van der Waals surface area contributed by atoms with Gasteiger partial charge < -0.3 is 15.4 Å². The van der Waals surface area contributed by atoms with Crippen molar-refractivity contribution in [2.24, 2.45) is 0 Å². The highest BCUT2D eigenvalue weighted by Gasteiger charge is 2.23. The first kappa shape index (κ1) is 29.4. The van der Waals surface area contributed by atoms with E-state index in [1.807, 2.05) is 6.92 Å². The molecular weight excluding hydrogens is 586 g/mol. The zero-order valence-corrected chi connectivity index (χ0v) is 24.6. The molecule has 0 aliphatic carbocycles. The molecule has 0 amide bonds. The van der Waals surface area contributed by atoms with E-state index in [0.29, 0.717) is 58.8 Å². The molecule has 44 heavy (non-hydrogen) atoms. The smallest absolute Gasteiger partial charge is 0.237 e. The van der Waals surface area contributed by atoms with Crippen molar-refractivity contribution < 1.29 is 21.9 Å². The third kappa shape index (κ3) is 6.61. The number of halogens is 2. The maximum atomic E-state index is 15.1. The lowest BCUT2D eigenvalue weighted by molar-refractivity contribution is 0.254. The molecule has 5 aromatic rings. The lowest BCUT2D eigenvalue weighted by atomic mass is 10.0. The van der Waals surface area contributed by atoms with Gasteiger partial charge in [0.25, 0.3) is 0 Å². The van der Waals surface area contributed by atoms with Gasteiger partial charge in [-0.1, -0.05) is 42.5 Å². The van der Waals surface area contributed by atoms with Crippen LogP contribution in [0.3, 0.4) is 0 Å². The minimum atomic E-state index is -3.93. The summed E-state index contributed by atoms with van der Waals surface area (Å²) >= 11 is 0. The van der Waals surface area contributed by atoms with Crippen molar-refractivity contribution in [1.82, 2.24) is 20.3 Å². The molecule has 2 aromatic heterocycles. The van der Waals surface area contributed by atoms with Gasteiger partial charge in [0.2, 0.25) is 21.9 Å². The highest BCUT2D eigenvalue weighted by atomic mass is 32.2. The first-order valence-corrected chi connectivity index (χ1v) is 15.7. The Morgan fingerprint density at radius 2 is 1.77 bits per heavy atom. The van der Waals surface area contributed by atoms with E-state index >= 15 is 4.39 Å². The predicted octanol–water partition coefficient (Wildman–Crippen LogP) is 5.99. The van der Waals surface area contributed by atoms with Crippen molar-refractivity contribution in [3.05, 3.63) is 102 Å². The quantitative estimate of drug-likeness (QED) is 0.185. The van der Waals surface area contributed by atoms with Gasteiger partial charge in [0.05, 0.1) is 22.7 Å². The number of nitrogens with one attached hydrogen (secondary N) is 3. The SMILES string of the molecule is Cc1ccc2c(NS(=O)(=O)Cc3ccccc3)c(F)ccc2c1Oc1ncccc1-c1ccnc(N[C@@H]2CNC[C@@H](F)C2)n1. The number of ether oxygens (including phenoxy) is 1. The molecule has 1 aliphatic rings. The number of alkyl halides is 1. The Bertz CT molecular complexity index is 1910. The molecule has 6 rings (SSSR count). The van der Waals surface area contributed by atoms with Crippen molar-refractivity contribution in [3.8, 4) is 22.9 Å². The molecule has 0 spiro atoms. The Morgan fingerprint density at radius 3 is 2.59 bits per heavy atom. The summed E-state index contributed by atoms with van der Waals surface area (Å²) in [5, 5.41) is 7.08. The second-order valence-corrected chi connectivity index (χ2v) is 12.4. The lowest BCUT2D eigenvalue weighted by Gasteiger charge is -2.26. The average molecular weight is 617 g/mol. The summed E-state index contributed by atoms with van der Waals surface area (Å²) < 4.78 is 63.9. The van der Waals surface area contributed by atoms with E-state index in [-0.39, 0.29) is 23.4 Å². The molecule has 0 bridgehead atoms. The number of aromatic nitrogens is 3. The number of pyridine rings is 1. The number of nitrogens with zero attached hydrogens (tertiary/aromatic N) is 3. The van der Waals surface area contributed by atoms with E-state index in [4.69, 9.17) is 4.74 Å². The summed E-state index contributed by atoms with van der Waals surface area (Å²) in [5.41, 5.74) is 2.25. The third-order valence-corrected chi connectivity index (χ3v) is 8.51. The summed E-state index contributed by atoms with van der Waals surface area (Å²) in [6, 6.07) is 19.9. The monoisotopic (exact) mass is 616 g/mol. The summed E-state index contributed by atoms with van der Waals surface area (Å²) in [5.74, 6) is -0.0392. The van der Waals surface area contributed by atoms with Gasteiger partial charge in [-0.15, -0.1) is 0 Å². The summed E-state index contributed by atoms with van der Waals surface area (Å²) in [6.07, 6.45) is 2.59. The average Bonchev–Trinajstić information content (AvgIpc) is 3.00. The molecule has 0 radical (unpaired) electrons. The molecule has 2 atom stereocenters. The van der Waals surface area contributed by atoms with E-state index < -0.39 is 22.0 Å². The number of piperidine rings is 1. The van der Waals surface area contributed by atoms with Crippen LogP contribution in [-0.4, -0.2) is 48.7 Å². The number of anilines is 2. The van der Waals surface area contributed by atoms with Gasteiger partial charge >= 0.3 is 0 Å². The molecule has 9 nitrogen and oxygen atoms in total. The molecule has 0 unspecified atom stereocenters. The fraction of sp³-hybridized carbons (Fsp3) is 0.219. The van der Waals surface area contributed by atoms with Gasteiger partial charge in [-0.05, 0) is 48.4 Å². The Hall–Kier alpha value is -4.68. The largest absolute Gasteiger partial charge is 0.437 e. The number of hydrogen-bond acceptors (Lipinski definition) is 8. The zero-order valence-electron chi connectivity index (χ0n) is 23.8. The molecular formula is C32H30F2N6O3S. The van der Waals surface area contributed by atoms with Crippen molar-refractivity contribution in [2.45, 2.75) is 31.3 Å². The third-order valence-electron chi connectivity index (χ3n) is 7.29. The standard InChI is InChI=1S/C32H30F2N6O3S/c1-20-9-10-24-25(11-12-27(34)29(24)40-44(41,42)19-21-6-3-2-4-7-21)30(20)43-31-26(8-5-14-36-31)28-13-15-37-32(39-28)38-23-16-22(33)17-35-18-23/h2-15,22-23,35,40H,16-19H2,1H3,(H,37,38,39)/t22-,23-/m0/s1. The topological polar surface area (TPSA) is 118 Å². The van der Waals surface area contributed by atoms with Crippen LogP contribution in [0.1, 0.15) is 17.5 Å². The number of sulfonamides is 1. The molecule has 12 heteroatoms. The first-order valence-electron chi connectivity index (χ1n) is 14.1. The van der Waals surface area contributed by atoms with Gasteiger partial charge in [-0.2, -0.15) is 0 Å². The second kappa shape index (κ2) is 12.5. The Balaban J connectivity index is 1.32. The van der Waals surface area contributed by atoms with Gasteiger partial charge in [0.1, 0.15) is 17.7 Å². The molecule has 3 N–H and O–H groups in total. The number of hydrogen-bond donors (Lipinski definition) is 3. The van der Waals surface area contributed by atoms with Crippen LogP contribution in [0.4, 0.5) is 20.4 Å². The van der Waals surface area contributed by atoms with Crippen LogP contribution in [0, 0.1) is 12.7 Å². The molecule has 1 fully saturated rings. The van der Waals surface area contributed by atoms with Gasteiger partial charge in [0, 0.05) is 48.7 Å². The van der Waals surface area contributed by atoms with Gasteiger partial charge in [-0.25, -0.2) is 32.2 Å². The minimum absolute atomic E-state index is 0.156. The molecule has 3 heterocycles. The van der Waals surface area contributed by atoms with Gasteiger partial charge in [-0.3, -0.25) is 4.72 Å². The molecule has 1 aliphatic heterocycles. The summed E-state index contributed by atoms with van der Waals surface area (Å²) in [7, 11) is -3.93. The fourth-order valence-electron chi connectivity index (χ4n) is 5.21. The minimum Gasteiger partial charge on any atom is -0.437 e. The van der Waals surface area contributed by atoms with E-state index in [1.165, 1.54) is 6.07 Å². The highest BCUT2D eigenvalue weighted by molar-refractivity contribution is 7.91. The van der Waals surface area contributed by atoms with Crippen LogP contribution >= 0.6 is 0 Å². The number of benzene rings is 3. The van der Waals surface area contributed by atoms with Crippen LogP contribution < -0.4 is 20.1 Å². The predicted molar refractivity (Wildman–Crippen MR) is 166 cm³/mol. The molecule has 0 saturated carbocycles. The van der Waals surface area contributed by atoms with E-state index in [0.717, 1.165) is 5.56 Å². The number of fused-ring (bicyclic) bond motifs is 1. The lowest BCUT2D eigenvalue weighted by Crippen LogP contribution is -2.44. The summed E-state index contributed by atoms with van der Waals surface area (Å²) in [6.45, 7) is 2.76. The maximum Gasteiger partial charge on any atom is 0.237 e. The van der Waals surface area contributed by atoms with Crippen molar-refractivity contribution in [1.29, 1.82) is 0 Å². The Labute approximate surface area is 253 Å². The van der Waals surface area contributed by atoms with E-state index in [2.05, 4.69) is 30.3 Å². The zero-order chi connectivity index (χ0) is 30.7. The van der Waals surface area contributed by atoms with Gasteiger partial charge in [0.15, 0.2) is 0 Å². The van der Waals surface area contributed by atoms with Crippen molar-refractivity contribution >= 4 is 32.4 Å². The second-order valence-electron chi connectivity index (χ2n) is 10.6. The molecule has 226 valence electrons. The van der Waals surface area contributed by atoms with Crippen molar-refractivity contribution in [3.63, 3.8) is 0 Å². The van der Waals surface area contributed by atoms with Crippen LogP contribution in [0.25, 0.3) is 22.0 Å². The van der Waals surface area contributed by atoms with E-state index in [1.54, 1.807) is 79.1 Å². The maximum absolute atomic E-state index is 15.1. The van der Waals surface area contributed by atoms with Crippen molar-refractivity contribution in [2.75, 3.05) is 23.1 Å². The summed E-state index contributed by atoms with van der Waals surface area (Å²) in [4.78, 5) is 13.4. The Kier molecular flexibility index (Phi) is 8.36. The van der Waals surface area contributed by atoms with Crippen LogP contribution in [0.15, 0.2) is 85.2 Å². The molecule has 1 saturated heterocycles. The molecule has 3 aromatic carbocycles. The normalized spacial score (nSPS) is 16.9.